The minimum Gasteiger partial charge on any atom is -0.444 e. The molecule has 2 aliphatic rings. The maximum Gasteiger partial charge on any atom is 0.410 e. The molecule has 0 radical (unpaired) electrons. The minimum absolute atomic E-state index is 0.175. The second-order valence-corrected chi connectivity index (χ2v) is 8.46. The molecule has 22 heavy (non-hydrogen) atoms. The normalized spacial score (nSPS) is 27.5. The Morgan fingerprint density at radius 2 is 1.77 bits per heavy atom. The SMILES string of the molecule is CC(C)C1CCCC(NC2CN(C(=O)OC(C)(C)C)C2)CC1. The number of carbonyl (C=O) groups excluding carboxylic acids is 1. The average Bonchev–Trinajstić information content (AvgIpc) is 2.56. The molecule has 1 aliphatic heterocycles. The van der Waals surface area contributed by atoms with E-state index in [-0.39, 0.29) is 6.09 Å². The van der Waals surface area contributed by atoms with Gasteiger partial charge in [0.25, 0.3) is 0 Å². The van der Waals surface area contributed by atoms with Gasteiger partial charge in [0.15, 0.2) is 0 Å². The van der Waals surface area contributed by atoms with Crippen LogP contribution in [-0.2, 0) is 4.74 Å². The van der Waals surface area contributed by atoms with Crippen LogP contribution in [0.4, 0.5) is 4.79 Å². The maximum atomic E-state index is 11.9. The third kappa shape index (κ3) is 5.15. The van der Waals surface area contributed by atoms with Gasteiger partial charge in [-0.1, -0.05) is 26.7 Å². The van der Waals surface area contributed by atoms with E-state index < -0.39 is 5.60 Å². The van der Waals surface area contributed by atoms with Crippen molar-refractivity contribution in [2.24, 2.45) is 11.8 Å². The summed E-state index contributed by atoms with van der Waals surface area (Å²) in [5.74, 6) is 1.71. The van der Waals surface area contributed by atoms with Gasteiger partial charge in [-0.3, -0.25) is 0 Å². The zero-order valence-electron chi connectivity index (χ0n) is 15.0. The van der Waals surface area contributed by atoms with Crippen LogP contribution in [-0.4, -0.2) is 41.8 Å². The van der Waals surface area contributed by atoms with Gasteiger partial charge in [0, 0.05) is 25.2 Å². The van der Waals surface area contributed by atoms with Crippen molar-refractivity contribution >= 4 is 6.09 Å². The molecular weight excluding hydrogens is 276 g/mol. The predicted octanol–water partition coefficient (Wildman–Crippen LogP) is 3.80. The van der Waals surface area contributed by atoms with Crippen molar-refractivity contribution in [1.82, 2.24) is 10.2 Å². The standard InChI is InChI=1S/C18H34N2O2/c1-13(2)14-7-6-8-15(10-9-14)19-16-11-20(12-16)17(21)22-18(3,4)5/h13-16,19H,6-12H2,1-5H3. The molecule has 1 heterocycles. The van der Waals surface area contributed by atoms with E-state index in [1.807, 2.05) is 20.8 Å². The summed E-state index contributed by atoms with van der Waals surface area (Å²) in [6.07, 6.45) is 6.45. The number of carbonyl (C=O) groups is 1. The topological polar surface area (TPSA) is 41.6 Å². The van der Waals surface area contributed by atoms with E-state index in [0.717, 1.165) is 24.9 Å². The molecule has 1 saturated heterocycles. The number of ether oxygens (including phenoxy) is 1. The molecule has 2 unspecified atom stereocenters. The first-order valence-electron chi connectivity index (χ1n) is 8.98. The Morgan fingerprint density at radius 3 is 2.36 bits per heavy atom. The van der Waals surface area contributed by atoms with Crippen molar-refractivity contribution in [2.45, 2.75) is 84.4 Å². The Hall–Kier alpha value is -0.770. The van der Waals surface area contributed by atoms with Crippen LogP contribution in [0.25, 0.3) is 0 Å². The van der Waals surface area contributed by atoms with E-state index in [4.69, 9.17) is 4.74 Å². The van der Waals surface area contributed by atoms with Crippen molar-refractivity contribution in [3.63, 3.8) is 0 Å². The van der Waals surface area contributed by atoms with E-state index >= 15 is 0 Å². The second kappa shape index (κ2) is 7.20. The van der Waals surface area contributed by atoms with Crippen molar-refractivity contribution in [1.29, 1.82) is 0 Å². The second-order valence-electron chi connectivity index (χ2n) is 8.46. The van der Waals surface area contributed by atoms with Crippen LogP contribution in [0.1, 0.15) is 66.7 Å². The lowest BCUT2D eigenvalue weighted by molar-refractivity contribution is 0.00394. The lowest BCUT2D eigenvalue weighted by atomic mass is 9.89. The highest BCUT2D eigenvalue weighted by atomic mass is 16.6. The maximum absolute atomic E-state index is 11.9. The Morgan fingerprint density at radius 1 is 1.09 bits per heavy atom. The van der Waals surface area contributed by atoms with Gasteiger partial charge >= 0.3 is 6.09 Å². The summed E-state index contributed by atoms with van der Waals surface area (Å²) in [4.78, 5) is 13.7. The average molecular weight is 310 g/mol. The van der Waals surface area contributed by atoms with E-state index in [9.17, 15) is 4.79 Å². The smallest absolute Gasteiger partial charge is 0.410 e. The van der Waals surface area contributed by atoms with Gasteiger partial charge in [-0.05, 0) is 51.9 Å². The highest BCUT2D eigenvalue weighted by Gasteiger charge is 2.35. The molecule has 1 amide bonds. The number of likely N-dealkylation sites (tertiary alicyclic amines) is 1. The monoisotopic (exact) mass is 310 g/mol. The third-order valence-electron chi connectivity index (χ3n) is 4.96. The largest absolute Gasteiger partial charge is 0.444 e. The molecule has 0 aromatic heterocycles. The zero-order valence-corrected chi connectivity index (χ0v) is 15.0. The van der Waals surface area contributed by atoms with Crippen LogP contribution < -0.4 is 5.32 Å². The van der Waals surface area contributed by atoms with Crippen LogP contribution in [0.3, 0.4) is 0 Å². The summed E-state index contributed by atoms with van der Waals surface area (Å²) in [5.41, 5.74) is -0.400. The molecule has 128 valence electrons. The summed E-state index contributed by atoms with van der Waals surface area (Å²) >= 11 is 0. The Kier molecular flexibility index (Phi) is 5.76. The summed E-state index contributed by atoms with van der Waals surface area (Å²) in [7, 11) is 0. The number of hydrogen-bond donors (Lipinski definition) is 1. The molecule has 4 nitrogen and oxygen atoms in total. The highest BCUT2D eigenvalue weighted by Crippen LogP contribution is 2.29. The van der Waals surface area contributed by atoms with Crippen LogP contribution in [0.2, 0.25) is 0 Å². The lowest BCUT2D eigenvalue weighted by Crippen LogP contribution is -2.62. The lowest BCUT2D eigenvalue weighted by Gasteiger charge is -2.41. The van der Waals surface area contributed by atoms with Crippen molar-refractivity contribution in [3.05, 3.63) is 0 Å². The first-order valence-corrected chi connectivity index (χ1v) is 8.98. The molecule has 0 aromatic carbocycles. The van der Waals surface area contributed by atoms with Crippen molar-refractivity contribution in [3.8, 4) is 0 Å². The molecule has 2 rings (SSSR count). The molecule has 4 heteroatoms. The molecular formula is C18H34N2O2. The number of nitrogens with one attached hydrogen (secondary N) is 1. The van der Waals surface area contributed by atoms with Gasteiger partial charge < -0.3 is 15.0 Å². The predicted molar refractivity (Wildman–Crippen MR) is 89.9 cm³/mol. The summed E-state index contributed by atoms with van der Waals surface area (Å²) < 4.78 is 5.40. The Bertz CT molecular complexity index is 370. The molecule has 1 saturated carbocycles. The number of amides is 1. The van der Waals surface area contributed by atoms with Gasteiger partial charge in [-0.2, -0.15) is 0 Å². The van der Waals surface area contributed by atoms with Crippen LogP contribution in [0, 0.1) is 11.8 Å². The highest BCUT2D eigenvalue weighted by molar-refractivity contribution is 5.69. The van der Waals surface area contributed by atoms with E-state index in [1.165, 1.54) is 32.1 Å². The Balaban J connectivity index is 1.68. The summed E-state index contributed by atoms with van der Waals surface area (Å²) in [5, 5.41) is 3.75. The van der Waals surface area contributed by atoms with Crippen LogP contribution in [0.15, 0.2) is 0 Å². The van der Waals surface area contributed by atoms with E-state index in [2.05, 4.69) is 19.2 Å². The molecule has 1 aliphatic carbocycles. The molecule has 0 bridgehead atoms. The summed E-state index contributed by atoms with van der Waals surface area (Å²) in [6, 6.07) is 1.09. The van der Waals surface area contributed by atoms with E-state index in [0.29, 0.717) is 12.1 Å². The van der Waals surface area contributed by atoms with Crippen molar-refractivity contribution in [2.75, 3.05) is 13.1 Å². The Labute approximate surface area is 136 Å². The first-order chi connectivity index (χ1) is 10.2. The molecule has 1 N–H and O–H groups in total. The van der Waals surface area contributed by atoms with Gasteiger partial charge in [0.1, 0.15) is 5.60 Å². The zero-order chi connectivity index (χ0) is 16.3. The first kappa shape index (κ1) is 17.6. The minimum atomic E-state index is -0.400. The number of rotatable bonds is 3. The molecule has 2 fully saturated rings. The fourth-order valence-electron chi connectivity index (χ4n) is 3.56. The quantitative estimate of drug-likeness (QED) is 0.806. The van der Waals surface area contributed by atoms with Crippen LogP contribution >= 0.6 is 0 Å². The van der Waals surface area contributed by atoms with Gasteiger partial charge in [-0.15, -0.1) is 0 Å². The fourth-order valence-corrected chi connectivity index (χ4v) is 3.56. The van der Waals surface area contributed by atoms with Gasteiger partial charge in [0.2, 0.25) is 0 Å². The third-order valence-corrected chi connectivity index (χ3v) is 4.96. The molecule has 0 spiro atoms. The van der Waals surface area contributed by atoms with Gasteiger partial charge in [0.05, 0.1) is 0 Å². The molecule has 0 aromatic rings. The molecule has 2 atom stereocenters. The fraction of sp³-hybridized carbons (Fsp3) is 0.944. The van der Waals surface area contributed by atoms with Crippen LogP contribution in [0.5, 0.6) is 0 Å². The van der Waals surface area contributed by atoms with Gasteiger partial charge in [-0.25, -0.2) is 4.79 Å². The van der Waals surface area contributed by atoms with Crippen molar-refractivity contribution < 1.29 is 9.53 Å². The summed E-state index contributed by atoms with van der Waals surface area (Å²) in [6.45, 7) is 12.0. The number of nitrogens with zero attached hydrogens (tertiary/aromatic N) is 1. The number of hydrogen-bond acceptors (Lipinski definition) is 3. The van der Waals surface area contributed by atoms with E-state index in [1.54, 1.807) is 4.90 Å².